The maximum absolute atomic E-state index is 11.6. The topological polar surface area (TPSA) is 68.0 Å². The standard InChI is InChI=1S/C12H19N3O2/c1-3-9-4-5-12(6-9,11(16)17)7-10-13-8-14-15(10)2/h8-9H,3-7H2,1-2H3,(H,16,17). The van der Waals surface area contributed by atoms with Crippen LogP contribution in [0.25, 0.3) is 0 Å². The van der Waals surface area contributed by atoms with E-state index >= 15 is 0 Å². The second-order valence-corrected chi connectivity index (χ2v) is 5.08. The number of carboxylic acid groups (broad SMARTS) is 1. The highest BCUT2D eigenvalue weighted by atomic mass is 16.4. The number of aromatic nitrogens is 3. The zero-order valence-electron chi connectivity index (χ0n) is 10.4. The Morgan fingerprint density at radius 1 is 1.71 bits per heavy atom. The van der Waals surface area contributed by atoms with E-state index in [0.717, 1.165) is 31.5 Å². The lowest BCUT2D eigenvalue weighted by molar-refractivity contribution is -0.148. The molecule has 1 N–H and O–H groups in total. The highest BCUT2D eigenvalue weighted by Gasteiger charge is 2.45. The molecular formula is C12H19N3O2. The molecule has 0 radical (unpaired) electrons. The summed E-state index contributed by atoms with van der Waals surface area (Å²) in [5.41, 5.74) is -0.624. The molecule has 1 fully saturated rings. The van der Waals surface area contributed by atoms with Gasteiger partial charge in [0.1, 0.15) is 12.2 Å². The first-order chi connectivity index (χ1) is 8.07. The molecule has 1 aromatic rings. The molecule has 0 spiro atoms. The second kappa shape index (κ2) is 4.47. The molecule has 5 heteroatoms. The fourth-order valence-electron chi connectivity index (χ4n) is 2.80. The molecule has 1 aliphatic rings. The average Bonchev–Trinajstić information content (AvgIpc) is 2.88. The fraction of sp³-hybridized carbons (Fsp3) is 0.750. The van der Waals surface area contributed by atoms with Gasteiger partial charge >= 0.3 is 5.97 Å². The van der Waals surface area contributed by atoms with Gasteiger partial charge in [0.05, 0.1) is 5.41 Å². The monoisotopic (exact) mass is 237 g/mol. The number of aryl methyl sites for hydroxylation is 1. The van der Waals surface area contributed by atoms with Gasteiger partial charge in [-0.15, -0.1) is 0 Å². The Kier molecular flexibility index (Phi) is 3.17. The third kappa shape index (κ3) is 2.18. The van der Waals surface area contributed by atoms with Gasteiger partial charge in [-0.2, -0.15) is 5.10 Å². The predicted octanol–water partition coefficient (Wildman–Crippen LogP) is 1.64. The molecule has 0 aromatic carbocycles. The summed E-state index contributed by atoms with van der Waals surface area (Å²) in [4.78, 5) is 15.7. The summed E-state index contributed by atoms with van der Waals surface area (Å²) in [5, 5.41) is 13.5. The second-order valence-electron chi connectivity index (χ2n) is 5.08. The lowest BCUT2D eigenvalue weighted by atomic mass is 9.81. The van der Waals surface area contributed by atoms with Crippen LogP contribution in [0.3, 0.4) is 0 Å². The minimum absolute atomic E-state index is 0.495. The number of carbonyl (C=O) groups is 1. The molecule has 1 saturated carbocycles. The van der Waals surface area contributed by atoms with Crippen molar-refractivity contribution in [3.8, 4) is 0 Å². The van der Waals surface area contributed by atoms with Crippen molar-refractivity contribution in [1.82, 2.24) is 14.8 Å². The molecular weight excluding hydrogens is 218 g/mol. The van der Waals surface area contributed by atoms with Crippen LogP contribution in [0.1, 0.15) is 38.4 Å². The molecule has 0 bridgehead atoms. The Morgan fingerprint density at radius 3 is 2.94 bits per heavy atom. The number of nitrogens with zero attached hydrogens (tertiary/aromatic N) is 3. The summed E-state index contributed by atoms with van der Waals surface area (Å²) in [6, 6.07) is 0. The maximum atomic E-state index is 11.6. The zero-order valence-corrected chi connectivity index (χ0v) is 10.4. The van der Waals surface area contributed by atoms with Gasteiger partial charge in [0, 0.05) is 13.5 Å². The van der Waals surface area contributed by atoms with Gasteiger partial charge in [-0.3, -0.25) is 9.48 Å². The molecule has 2 unspecified atom stereocenters. The van der Waals surface area contributed by atoms with Gasteiger partial charge in [0.2, 0.25) is 0 Å². The first-order valence-electron chi connectivity index (χ1n) is 6.13. The SMILES string of the molecule is CCC1CCC(Cc2ncnn2C)(C(=O)O)C1. The van der Waals surface area contributed by atoms with Crippen molar-refractivity contribution in [2.45, 2.75) is 39.0 Å². The van der Waals surface area contributed by atoms with Crippen LogP contribution in [0.15, 0.2) is 6.33 Å². The third-order valence-electron chi connectivity index (χ3n) is 4.04. The Hall–Kier alpha value is -1.39. The van der Waals surface area contributed by atoms with E-state index in [9.17, 15) is 9.90 Å². The lowest BCUT2D eigenvalue weighted by Crippen LogP contribution is -2.32. The molecule has 5 nitrogen and oxygen atoms in total. The van der Waals surface area contributed by atoms with Gasteiger partial charge in [-0.05, 0) is 25.2 Å². The van der Waals surface area contributed by atoms with Crippen molar-refractivity contribution >= 4 is 5.97 Å². The van der Waals surface area contributed by atoms with Crippen molar-refractivity contribution in [2.75, 3.05) is 0 Å². The minimum atomic E-state index is -0.684. The van der Waals surface area contributed by atoms with Crippen LogP contribution in [-0.2, 0) is 18.3 Å². The number of rotatable bonds is 4. The normalized spacial score (nSPS) is 28.5. The summed E-state index contributed by atoms with van der Waals surface area (Å²) in [6.45, 7) is 2.13. The number of hydrogen-bond donors (Lipinski definition) is 1. The van der Waals surface area contributed by atoms with Crippen LogP contribution in [0.4, 0.5) is 0 Å². The molecule has 0 amide bonds. The zero-order chi connectivity index (χ0) is 12.5. The Bertz CT molecular complexity index is 416. The maximum Gasteiger partial charge on any atom is 0.310 e. The average molecular weight is 237 g/mol. The van der Waals surface area contributed by atoms with Crippen molar-refractivity contribution in [3.05, 3.63) is 12.2 Å². The molecule has 2 rings (SSSR count). The number of hydrogen-bond acceptors (Lipinski definition) is 3. The molecule has 2 atom stereocenters. The highest BCUT2D eigenvalue weighted by molar-refractivity contribution is 5.75. The van der Waals surface area contributed by atoms with E-state index in [1.54, 1.807) is 4.68 Å². The van der Waals surface area contributed by atoms with Gasteiger partial charge < -0.3 is 5.11 Å². The molecule has 1 aromatic heterocycles. The first kappa shape index (κ1) is 12.1. The molecule has 1 aliphatic carbocycles. The molecule has 0 saturated heterocycles. The van der Waals surface area contributed by atoms with E-state index in [2.05, 4.69) is 17.0 Å². The van der Waals surface area contributed by atoms with Gasteiger partial charge in [0.15, 0.2) is 0 Å². The Balaban J connectivity index is 2.19. The first-order valence-corrected chi connectivity index (χ1v) is 6.13. The lowest BCUT2D eigenvalue weighted by Gasteiger charge is -2.23. The van der Waals surface area contributed by atoms with Gasteiger partial charge in [-0.1, -0.05) is 13.3 Å². The van der Waals surface area contributed by atoms with Crippen molar-refractivity contribution < 1.29 is 9.90 Å². The molecule has 0 aliphatic heterocycles. The van der Waals surface area contributed by atoms with E-state index in [-0.39, 0.29) is 0 Å². The van der Waals surface area contributed by atoms with Crippen LogP contribution < -0.4 is 0 Å². The van der Waals surface area contributed by atoms with Crippen LogP contribution in [0.2, 0.25) is 0 Å². The van der Waals surface area contributed by atoms with Crippen molar-refractivity contribution in [3.63, 3.8) is 0 Å². The summed E-state index contributed by atoms with van der Waals surface area (Å²) in [7, 11) is 1.81. The highest BCUT2D eigenvalue weighted by Crippen LogP contribution is 2.45. The predicted molar refractivity (Wildman–Crippen MR) is 62.4 cm³/mol. The van der Waals surface area contributed by atoms with E-state index in [0.29, 0.717) is 12.3 Å². The summed E-state index contributed by atoms with van der Waals surface area (Å²) < 4.78 is 1.67. The quantitative estimate of drug-likeness (QED) is 0.864. The van der Waals surface area contributed by atoms with E-state index in [1.807, 2.05) is 7.05 Å². The van der Waals surface area contributed by atoms with Crippen LogP contribution in [0.5, 0.6) is 0 Å². The number of aliphatic carboxylic acids is 1. The molecule has 94 valence electrons. The van der Waals surface area contributed by atoms with Crippen LogP contribution in [0, 0.1) is 11.3 Å². The van der Waals surface area contributed by atoms with Gasteiger partial charge in [0.25, 0.3) is 0 Å². The Labute approximate surface area is 101 Å². The molecule has 1 heterocycles. The number of carboxylic acids is 1. The molecule has 17 heavy (non-hydrogen) atoms. The van der Waals surface area contributed by atoms with Crippen molar-refractivity contribution in [1.29, 1.82) is 0 Å². The smallest absolute Gasteiger partial charge is 0.310 e. The fourth-order valence-corrected chi connectivity index (χ4v) is 2.80. The van der Waals surface area contributed by atoms with Crippen LogP contribution in [-0.4, -0.2) is 25.8 Å². The largest absolute Gasteiger partial charge is 0.481 e. The van der Waals surface area contributed by atoms with E-state index in [1.165, 1.54) is 6.33 Å². The Morgan fingerprint density at radius 2 is 2.47 bits per heavy atom. The summed E-state index contributed by atoms with van der Waals surface area (Å²) >= 11 is 0. The van der Waals surface area contributed by atoms with E-state index in [4.69, 9.17) is 0 Å². The van der Waals surface area contributed by atoms with Crippen molar-refractivity contribution in [2.24, 2.45) is 18.4 Å². The summed E-state index contributed by atoms with van der Waals surface area (Å²) in [5.74, 6) is 0.625. The van der Waals surface area contributed by atoms with Crippen LogP contribution >= 0.6 is 0 Å². The third-order valence-corrected chi connectivity index (χ3v) is 4.04. The minimum Gasteiger partial charge on any atom is -0.481 e. The van der Waals surface area contributed by atoms with Gasteiger partial charge in [-0.25, -0.2) is 4.98 Å². The van der Waals surface area contributed by atoms with E-state index < -0.39 is 11.4 Å². The summed E-state index contributed by atoms with van der Waals surface area (Å²) in [6.07, 6.45) is 5.58.